The summed E-state index contributed by atoms with van der Waals surface area (Å²) in [4.78, 5) is 25.3. The monoisotopic (exact) mass is 384 g/mol. The maximum atomic E-state index is 11.9. The molecule has 0 bridgehead atoms. The van der Waals surface area contributed by atoms with Crippen molar-refractivity contribution in [1.29, 1.82) is 0 Å². The minimum absolute atomic E-state index is 0.295. The standard InChI is InChI=1S/C22H44N2O3/c1-6-7-19-24(5)20(25)17-15-13-11-9-8-10-12-14-16-18-23-21(26)27-22(2,3)4/h6-19H2,1-5H3,(H,23,26). The van der Waals surface area contributed by atoms with Gasteiger partial charge in [0.15, 0.2) is 0 Å². The zero-order valence-corrected chi connectivity index (χ0v) is 18.6. The first-order valence-electron chi connectivity index (χ1n) is 11.0. The van der Waals surface area contributed by atoms with Crippen molar-refractivity contribution in [2.45, 2.75) is 110 Å². The van der Waals surface area contributed by atoms with Crippen LogP contribution in [0, 0.1) is 0 Å². The van der Waals surface area contributed by atoms with E-state index in [0.717, 1.165) is 45.1 Å². The summed E-state index contributed by atoms with van der Waals surface area (Å²) >= 11 is 0. The molecule has 0 saturated carbocycles. The predicted octanol–water partition coefficient (Wildman–Crippen LogP) is 5.67. The minimum Gasteiger partial charge on any atom is -0.444 e. The van der Waals surface area contributed by atoms with Crippen LogP contribution in [0.25, 0.3) is 0 Å². The Balaban J connectivity index is 3.34. The molecule has 0 saturated heterocycles. The van der Waals surface area contributed by atoms with Gasteiger partial charge in [0.2, 0.25) is 5.91 Å². The molecule has 0 rings (SSSR count). The minimum atomic E-state index is -0.428. The molecule has 0 aliphatic carbocycles. The summed E-state index contributed by atoms with van der Waals surface area (Å²) in [6.45, 7) is 9.35. The number of rotatable bonds is 15. The SMILES string of the molecule is CCCCN(C)C(=O)CCCCCCCCCCCNC(=O)OC(C)(C)C. The summed E-state index contributed by atoms with van der Waals surface area (Å²) < 4.78 is 5.20. The number of nitrogens with one attached hydrogen (secondary N) is 1. The van der Waals surface area contributed by atoms with Gasteiger partial charge >= 0.3 is 6.09 Å². The third kappa shape index (κ3) is 17.9. The maximum Gasteiger partial charge on any atom is 0.407 e. The third-order valence-electron chi connectivity index (χ3n) is 4.51. The van der Waals surface area contributed by atoms with Gasteiger partial charge in [-0.25, -0.2) is 4.79 Å². The van der Waals surface area contributed by atoms with Crippen LogP contribution in [0.4, 0.5) is 4.79 Å². The summed E-state index contributed by atoms with van der Waals surface area (Å²) in [5.74, 6) is 0.295. The average Bonchev–Trinajstić information content (AvgIpc) is 2.58. The number of nitrogens with zero attached hydrogens (tertiary/aromatic N) is 1. The van der Waals surface area contributed by atoms with E-state index in [4.69, 9.17) is 4.74 Å². The Kier molecular flexibility index (Phi) is 15.0. The van der Waals surface area contributed by atoms with Gasteiger partial charge in [0.25, 0.3) is 0 Å². The van der Waals surface area contributed by atoms with Crippen LogP contribution in [0.15, 0.2) is 0 Å². The highest BCUT2D eigenvalue weighted by Gasteiger charge is 2.15. The van der Waals surface area contributed by atoms with E-state index in [0.29, 0.717) is 18.9 Å². The van der Waals surface area contributed by atoms with Crippen molar-refractivity contribution in [3.8, 4) is 0 Å². The number of hydrogen-bond donors (Lipinski definition) is 1. The Morgan fingerprint density at radius 3 is 1.89 bits per heavy atom. The molecule has 5 nitrogen and oxygen atoms in total. The molecule has 0 aromatic carbocycles. The summed E-state index contributed by atoms with van der Waals surface area (Å²) in [6.07, 6.45) is 13.2. The van der Waals surface area contributed by atoms with Crippen molar-refractivity contribution in [1.82, 2.24) is 10.2 Å². The van der Waals surface area contributed by atoms with Crippen LogP contribution in [-0.2, 0) is 9.53 Å². The molecule has 160 valence electrons. The lowest BCUT2D eigenvalue weighted by Crippen LogP contribution is -2.32. The molecule has 27 heavy (non-hydrogen) atoms. The fraction of sp³-hybridized carbons (Fsp3) is 0.909. The largest absolute Gasteiger partial charge is 0.444 e. The molecule has 0 aromatic heterocycles. The fourth-order valence-corrected chi connectivity index (χ4v) is 2.85. The summed E-state index contributed by atoms with van der Waals surface area (Å²) in [5.41, 5.74) is -0.428. The Hall–Kier alpha value is -1.26. The van der Waals surface area contributed by atoms with Crippen LogP contribution in [-0.4, -0.2) is 42.6 Å². The zero-order chi connectivity index (χ0) is 20.5. The quantitative estimate of drug-likeness (QED) is 0.370. The van der Waals surface area contributed by atoms with Crippen LogP contribution in [0.5, 0.6) is 0 Å². The number of carbonyl (C=O) groups excluding carboxylic acids is 2. The van der Waals surface area contributed by atoms with E-state index in [1.165, 1.54) is 32.1 Å². The molecule has 0 spiro atoms. The van der Waals surface area contributed by atoms with E-state index >= 15 is 0 Å². The Morgan fingerprint density at radius 1 is 0.852 bits per heavy atom. The highest BCUT2D eigenvalue weighted by atomic mass is 16.6. The molecule has 5 heteroatoms. The highest BCUT2D eigenvalue weighted by molar-refractivity contribution is 5.75. The van der Waals surface area contributed by atoms with Crippen LogP contribution in [0.3, 0.4) is 0 Å². The van der Waals surface area contributed by atoms with Gasteiger partial charge in [-0.05, 0) is 40.0 Å². The van der Waals surface area contributed by atoms with Crippen LogP contribution < -0.4 is 5.32 Å². The molecule has 0 radical (unpaired) electrons. The van der Waals surface area contributed by atoms with Crippen LogP contribution >= 0.6 is 0 Å². The molecule has 0 heterocycles. The number of unbranched alkanes of at least 4 members (excludes halogenated alkanes) is 9. The van der Waals surface area contributed by atoms with Crippen LogP contribution in [0.1, 0.15) is 105 Å². The normalized spacial score (nSPS) is 11.3. The van der Waals surface area contributed by atoms with E-state index < -0.39 is 5.60 Å². The fourth-order valence-electron chi connectivity index (χ4n) is 2.85. The van der Waals surface area contributed by atoms with Crippen molar-refractivity contribution in [3.63, 3.8) is 0 Å². The lowest BCUT2D eigenvalue weighted by molar-refractivity contribution is -0.130. The molecule has 0 aromatic rings. The molecule has 0 unspecified atom stereocenters. The van der Waals surface area contributed by atoms with Gasteiger partial charge in [-0.2, -0.15) is 0 Å². The van der Waals surface area contributed by atoms with Crippen molar-refractivity contribution in [3.05, 3.63) is 0 Å². The number of alkyl carbamates (subject to hydrolysis) is 1. The van der Waals surface area contributed by atoms with E-state index in [1.54, 1.807) is 0 Å². The first-order valence-corrected chi connectivity index (χ1v) is 11.0. The van der Waals surface area contributed by atoms with Crippen molar-refractivity contribution >= 4 is 12.0 Å². The number of amides is 2. The first-order chi connectivity index (χ1) is 12.8. The predicted molar refractivity (Wildman–Crippen MR) is 113 cm³/mol. The Labute approximate surface area is 167 Å². The number of carbonyl (C=O) groups is 2. The molecular weight excluding hydrogens is 340 g/mol. The van der Waals surface area contributed by atoms with Crippen molar-refractivity contribution in [2.24, 2.45) is 0 Å². The zero-order valence-electron chi connectivity index (χ0n) is 18.6. The molecule has 0 aliphatic rings. The van der Waals surface area contributed by atoms with E-state index in [1.807, 2.05) is 32.7 Å². The van der Waals surface area contributed by atoms with Gasteiger partial charge in [0.05, 0.1) is 0 Å². The summed E-state index contributed by atoms with van der Waals surface area (Å²) in [5, 5.41) is 2.80. The number of ether oxygens (including phenoxy) is 1. The Morgan fingerprint density at radius 2 is 1.37 bits per heavy atom. The lowest BCUT2D eigenvalue weighted by Gasteiger charge is -2.19. The van der Waals surface area contributed by atoms with Gasteiger partial charge in [0.1, 0.15) is 5.60 Å². The van der Waals surface area contributed by atoms with Crippen molar-refractivity contribution < 1.29 is 14.3 Å². The van der Waals surface area contributed by atoms with E-state index in [9.17, 15) is 9.59 Å². The van der Waals surface area contributed by atoms with Gasteiger partial charge in [-0.1, -0.05) is 58.3 Å². The van der Waals surface area contributed by atoms with Crippen molar-refractivity contribution in [2.75, 3.05) is 20.1 Å². The first kappa shape index (κ1) is 25.7. The van der Waals surface area contributed by atoms with Gasteiger partial charge in [0, 0.05) is 26.6 Å². The molecule has 2 amide bonds. The van der Waals surface area contributed by atoms with Gasteiger partial charge in [-0.3, -0.25) is 4.79 Å². The smallest absolute Gasteiger partial charge is 0.407 e. The average molecular weight is 385 g/mol. The second-order valence-electron chi connectivity index (χ2n) is 8.53. The van der Waals surface area contributed by atoms with E-state index in [2.05, 4.69) is 12.2 Å². The summed E-state index contributed by atoms with van der Waals surface area (Å²) in [6, 6.07) is 0. The third-order valence-corrected chi connectivity index (χ3v) is 4.51. The lowest BCUT2D eigenvalue weighted by atomic mass is 10.1. The second kappa shape index (κ2) is 15.8. The summed E-state index contributed by atoms with van der Waals surface area (Å²) in [7, 11) is 1.92. The Bertz CT molecular complexity index is 392. The molecule has 0 fully saturated rings. The molecule has 0 atom stereocenters. The van der Waals surface area contributed by atoms with Gasteiger partial charge in [-0.15, -0.1) is 0 Å². The maximum absolute atomic E-state index is 11.9. The molecule has 0 aliphatic heterocycles. The highest BCUT2D eigenvalue weighted by Crippen LogP contribution is 2.11. The van der Waals surface area contributed by atoms with Gasteiger partial charge < -0.3 is 15.0 Å². The van der Waals surface area contributed by atoms with E-state index in [-0.39, 0.29) is 6.09 Å². The number of hydrogen-bond acceptors (Lipinski definition) is 3. The topological polar surface area (TPSA) is 58.6 Å². The molecular formula is C22H44N2O3. The second-order valence-corrected chi connectivity index (χ2v) is 8.53. The van der Waals surface area contributed by atoms with Crippen LogP contribution in [0.2, 0.25) is 0 Å². The molecule has 1 N–H and O–H groups in total.